The van der Waals surface area contributed by atoms with E-state index < -0.39 is 5.82 Å². The number of hydrogen-bond acceptors (Lipinski definition) is 4. The minimum Gasteiger partial charge on any atom is -0.392 e. The third-order valence-corrected chi connectivity index (χ3v) is 4.36. The summed E-state index contributed by atoms with van der Waals surface area (Å²) in [6, 6.07) is 4.30. The fourth-order valence-electron chi connectivity index (χ4n) is 2.48. The van der Waals surface area contributed by atoms with Crippen LogP contribution in [0.4, 0.5) is 4.39 Å². The van der Waals surface area contributed by atoms with Crippen molar-refractivity contribution in [2.24, 2.45) is 7.05 Å². The highest BCUT2D eigenvalue weighted by atomic mass is 79.9. The van der Waals surface area contributed by atoms with Gasteiger partial charge >= 0.3 is 0 Å². The monoisotopic (exact) mass is 394 g/mol. The number of hydrogen-bond donors (Lipinski definition) is 3. The first-order valence-corrected chi connectivity index (χ1v) is 8.34. The maximum absolute atomic E-state index is 13.4. The number of aliphatic hydroxyl groups excluding tert-OH is 1. The number of nitrogens with one attached hydrogen (secondary N) is 2. The molecular weight excluding hydrogens is 375 g/mol. The Morgan fingerprint density at radius 3 is 2.83 bits per heavy atom. The lowest BCUT2D eigenvalue weighted by atomic mass is 9.99. The zero-order valence-corrected chi connectivity index (χ0v) is 15.2. The molecule has 2 aromatic rings. The minimum absolute atomic E-state index is 0.266. The van der Waals surface area contributed by atoms with Gasteiger partial charge < -0.3 is 15.8 Å². The lowest BCUT2D eigenvalue weighted by Gasteiger charge is -2.10. The van der Waals surface area contributed by atoms with Gasteiger partial charge in [-0.05, 0) is 46.6 Å². The topological polar surface area (TPSA) is 73.9 Å². The van der Waals surface area contributed by atoms with Crippen LogP contribution in [0.3, 0.4) is 0 Å². The van der Waals surface area contributed by atoms with Crippen molar-refractivity contribution in [2.45, 2.75) is 20.0 Å². The van der Waals surface area contributed by atoms with Crippen LogP contribution in [-0.2, 0) is 20.1 Å². The molecule has 0 radical (unpaired) electrons. The Morgan fingerprint density at radius 2 is 2.21 bits per heavy atom. The zero-order chi connectivity index (χ0) is 17.7. The summed E-state index contributed by atoms with van der Waals surface area (Å²) < 4.78 is 15.9. The van der Waals surface area contributed by atoms with Crippen LogP contribution in [0.2, 0.25) is 0 Å². The van der Waals surface area contributed by atoms with Gasteiger partial charge in [0.15, 0.2) is 0 Å². The van der Waals surface area contributed by atoms with Gasteiger partial charge in [-0.1, -0.05) is 0 Å². The zero-order valence-electron chi connectivity index (χ0n) is 13.6. The maximum atomic E-state index is 13.4. The van der Waals surface area contributed by atoms with E-state index in [1.54, 1.807) is 10.7 Å². The number of allylic oxidation sites excluding steroid dienone is 1. The Bertz CT molecular complexity index is 770. The quantitative estimate of drug-likeness (QED) is 0.498. The second-order valence-electron chi connectivity index (χ2n) is 5.33. The lowest BCUT2D eigenvalue weighted by molar-refractivity contribution is 0.281. The molecule has 0 atom stereocenters. The Balaban J connectivity index is 2.48. The van der Waals surface area contributed by atoms with Crippen molar-refractivity contribution in [1.29, 1.82) is 5.41 Å². The summed E-state index contributed by atoms with van der Waals surface area (Å²) in [5.74, 6) is -0.393. The standard InChI is InChI=1S/C17H20BrFN4O/c1-3-21-17(18)11(8-20)6-12-9-23(2)22-16(12)15-5-4-14(19)7-13(15)10-24/h4-5,7-9,20-21,24H,3,6,10H2,1-2H3/b17-11-,20-8?. The molecule has 1 aromatic heterocycles. The molecule has 0 unspecified atom stereocenters. The first-order chi connectivity index (χ1) is 11.5. The maximum Gasteiger partial charge on any atom is 0.123 e. The predicted octanol–water partition coefficient (Wildman–Crippen LogP) is 3.13. The molecule has 0 saturated carbocycles. The van der Waals surface area contributed by atoms with E-state index in [-0.39, 0.29) is 6.61 Å². The van der Waals surface area contributed by atoms with Gasteiger partial charge in [0, 0.05) is 49.1 Å². The van der Waals surface area contributed by atoms with Crippen molar-refractivity contribution in [3.05, 3.63) is 51.5 Å². The summed E-state index contributed by atoms with van der Waals surface area (Å²) in [6.45, 7) is 2.45. The van der Waals surface area contributed by atoms with Gasteiger partial charge in [0.25, 0.3) is 0 Å². The average molecular weight is 395 g/mol. The van der Waals surface area contributed by atoms with Crippen molar-refractivity contribution in [2.75, 3.05) is 6.54 Å². The van der Waals surface area contributed by atoms with E-state index in [0.717, 1.165) is 22.3 Å². The highest BCUT2D eigenvalue weighted by Crippen LogP contribution is 2.28. The molecule has 0 amide bonds. The molecule has 24 heavy (non-hydrogen) atoms. The van der Waals surface area contributed by atoms with Crippen LogP contribution in [-0.4, -0.2) is 27.6 Å². The Kier molecular flexibility index (Phi) is 6.28. The summed E-state index contributed by atoms with van der Waals surface area (Å²) >= 11 is 3.45. The van der Waals surface area contributed by atoms with Crippen LogP contribution in [0.5, 0.6) is 0 Å². The minimum atomic E-state index is -0.393. The van der Waals surface area contributed by atoms with Gasteiger partial charge in [0.05, 0.1) is 16.9 Å². The summed E-state index contributed by atoms with van der Waals surface area (Å²) in [4.78, 5) is 0. The smallest absolute Gasteiger partial charge is 0.123 e. The van der Waals surface area contributed by atoms with E-state index in [1.165, 1.54) is 18.3 Å². The Hall–Kier alpha value is -1.99. The molecule has 0 aliphatic heterocycles. The molecular formula is C17H20BrFN4O. The van der Waals surface area contributed by atoms with E-state index in [0.29, 0.717) is 23.2 Å². The number of aliphatic hydroxyl groups is 1. The number of rotatable bonds is 7. The van der Waals surface area contributed by atoms with Crippen LogP contribution < -0.4 is 5.32 Å². The molecule has 0 fully saturated rings. The van der Waals surface area contributed by atoms with E-state index in [9.17, 15) is 9.50 Å². The molecule has 128 valence electrons. The SMILES string of the molecule is CCN/C(Br)=C(\C=N)Cc1cn(C)nc1-c1ccc(F)cc1CO. The second kappa shape index (κ2) is 8.21. The summed E-state index contributed by atoms with van der Waals surface area (Å²) in [5.41, 5.74) is 3.53. The van der Waals surface area contributed by atoms with Gasteiger partial charge in [-0.25, -0.2) is 4.39 Å². The van der Waals surface area contributed by atoms with Gasteiger partial charge in [-0.3, -0.25) is 4.68 Å². The van der Waals surface area contributed by atoms with E-state index >= 15 is 0 Å². The number of aryl methyl sites for hydroxylation is 1. The van der Waals surface area contributed by atoms with Crippen LogP contribution >= 0.6 is 15.9 Å². The molecule has 3 N–H and O–H groups in total. The highest BCUT2D eigenvalue weighted by Gasteiger charge is 2.16. The summed E-state index contributed by atoms with van der Waals surface area (Å²) in [6.07, 6.45) is 3.65. The number of halogens is 2. The van der Waals surface area contributed by atoms with Crippen molar-refractivity contribution >= 4 is 22.1 Å². The molecule has 0 spiro atoms. The molecule has 5 nitrogen and oxygen atoms in total. The van der Waals surface area contributed by atoms with Crippen molar-refractivity contribution in [3.63, 3.8) is 0 Å². The summed E-state index contributed by atoms with van der Waals surface area (Å²) in [7, 11) is 1.81. The number of nitrogens with zero attached hydrogens (tertiary/aromatic N) is 2. The third-order valence-electron chi connectivity index (χ3n) is 3.57. The molecule has 2 rings (SSSR count). The van der Waals surface area contributed by atoms with Crippen LogP contribution in [0, 0.1) is 11.2 Å². The highest BCUT2D eigenvalue weighted by molar-refractivity contribution is 9.11. The van der Waals surface area contributed by atoms with Crippen molar-refractivity contribution in [3.8, 4) is 11.3 Å². The molecule has 0 aliphatic carbocycles. The van der Waals surface area contributed by atoms with E-state index in [4.69, 9.17) is 5.41 Å². The Morgan fingerprint density at radius 1 is 1.46 bits per heavy atom. The average Bonchev–Trinajstić information content (AvgIpc) is 2.92. The molecule has 1 heterocycles. The second-order valence-corrected chi connectivity index (χ2v) is 6.12. The molecule has 1 aromatic carbocycles. The molecule has 0 aliphatic rings. The van der Waals surface area contributed by atoms with Gasteiger partial charge in [0.1, 0.15) is 5.82 Å². The molecule has 0 saturated heterocycles. The van der Waals surface area contributed by atoms with Crippen molar-refractivity contribution < 1.29 is 9.50 Å². The van der Waals surface area contributed by atoms with Crippen LogP contribution in [0.15, 0.2) is 34.6 Å². The number of benzene rings is 1. The third kappa shape index (κ3) is 4.10. The molecule has 7 heteroatoms. The normalized spacial score (nSPS) is 12.0. The predicted molar refractivity (Wildman–Crippen MR) is 96.6 cm³/mol. The fraction of sp³-hybridized carbons (Fsp3) is 0.294. The van der Waals surface area contributed by atoms with E-state index in [1.807, 2.05) is 20.2 Å². The van der Waals surface area contributed by atoms with Crippen molar-refractivity contribution in [1.82, 2.24) is 15.1 Å². The van der Waals surface area contributed by atoms with Crippen LogP contribution in [0.25, 0.3) is 11.3 Å². The molecule has 0 bridgehead atoms. The van der Waals surface area contributed by atoms with Crippen LogP contribution in [0.1, 0.15) is 18.1 Å². The largest absolute Gasteiger partial charge is 0.392 e. The van der Waals surface area contributed by atoms with Gasteiger partial charge in [0.2, 0.25) is 0 Å². The van der Waals surface area contributed by atoms with E-state index in [2.05, 4.69) is 26.3 Å². The number of aromatic nitrogens is 2. The van der Waals surface area contributed by atoms with Gasteiger partial charge in [-0.2, -0.15) is 5.10 Å². The summed E-state index contributed by atoms with van der Waals surface area (Å²) in [5, 5.41) is 24.8. The first-order valence-electron chi connectivity index (χ1n) is 7.55. The first kappa shape index (κ1) is 18.4. The Labute approximate surface area is 148 Å². The lowest BCUT2D eigenvalue weighted by Crippen LogP contribution is -2.11. The van der Waals surface area contributed by atoms with Gasteiger partial charge in [-0.15, -0.1) is 0 Å². The fourth-order valence-corrected chi connectivity index (χ4v) is 3.02.